The molecule has 1 heterocycles. The summed E-state index contributed by atoms with van der Waals surface area (Å²) in [6.07, 6.45) is 5.06. The molecule has 92 valence electrons. The van der Waals surface area contributed by atoms with E-state index < -0.39 is 11.0 Å². The van der Waals surface area contributed by atoms with E-state index in [1.807, 2.05) is 6.19 Å². The fourth-order valence-corrected chi connectivity index (χ4v) is 2.20. The third kappa shape index (κ3) is 3.16. The van der Waals surface area contributed by atoms with Crippen LogP contribution < -0.4 is 4.74 Å². The molecule has 5 nitrogen and oxygen atoms in total. The fourth-order valence-electron chi connectivity index (χ4n) is 1.32. The van der Waals surface area contributed by atoms with Gasteiger partial charge in [-0.15, -0.1) is 3.95 Å². The first-order valence-electron chi connectivity index (χ1n) is 4.74. The van der Waals surface area contributed by atoms with Gasteiger partial charge in [0, 0.05) is 18.0 Å². The number of nitrogens with zero attached hydrogens (tertiary/aromatic N) is 3. The maximum absolute atomic E-state index is 9.48. The Morgan fingerprint density at radius 3 is 2.82 bits per heavy atom. The molecule has 0 saturated carbocycles. The van der Waals surface area contributed by atoms with Crippen molar-refractivity contribution in [2.75, 3.05) is 13.4 Å². The van der Waals surface area contributed by atoms with Gasteiger partial charge in [-0.1, -0.05) is 11.6 Å². The van der Waals surface area contributed by atoms with Crippen LogP contribution in [-0.2, 0) is 11.0 Å². The fraction of sp³-hybridized carbons (Fsp3) is 0.400. The molecule has 1 rings (SSSR count). The standard InChI is InChI=1S/C10H12ClN3O2S/c1-7(14(6-12)17(3)15)8-4-9(16-2)10(11)13-5-8/h4-5,7H,1-3H3/p+1. The summed E-state index contributed by atoms with van der Waals surface area (Å²) in [5.74, 6) is 0.447. The Labute approximate surface area is 108 Å². The molecule has 1 aromatic heterocycles. The smallest absolute Gasteiger partial charge is 0.468 e. The summed E-state index contributed by atoms with van der Waals surface area (Å²) in [7, 11) is 0.369. The van der Waals surface area contributed by atoms with E-state index in [-0.39, 0.29) is 11.2 Å². The highest BCUT2D eigenvalue weighted by molar-refractivity contribution is 7.78. The van der Waals surface area contributed by atoms with Crippen LogP contribution in [0, 0.1) is 11.5 Å². The summed E-state index contributed by atoms with van der Waals surface area (Å²) in [6, 6.07) is 1.41. The number of halogens is 1. The van der Waals surface area contributed by atoms with Crippen LogP contribution in [0.4, 0.5) is 0 Å². The SMILES string of the molecule is COc1cc(C(C)[N+](C#N)=S(C)O)cnc1Cl. The van der Waals surface area contributed by atoms with Crippen molar-refractivity contribution in [1.29, 1.82) is 5.26 Å². The maximum atomic E-state index is 9.48. The monoisotopic (exact) mass is 274 g/mol. The van der Waals surface area contributed by atoms with Crippen molar-refractivity contribution in [3.8, 4) is 11.9 Å². The number of ether oxygens (including phenoxy) is 1. The van der Waals surface area contributed by atoms with Crippen LogP contribution >= 0.6 is 11.6 Å². The number of aromatic nitrogens is 1. The van der Waals surface area contributed by atoms with Crippen molar-refractivity contribution in [3.05, 3.63) is 23.0 Å². The van der Waals surface area contributed by atoms with Crippen LogP contribution in [0.5, 0.6) is 5.75 Å². The zero-order valence-electron chi connectivity index (χ0n) is 9.72. The Morgan fingerprint density at radius 2 is 2.35 bits per heavy atom. The summed E-state index contributed by atoms with van der Waals surface area (Å²) in [5.41, 5.74) is 0.751. The Morgan fingerprint density at radius 1 is 1.71 bits per heavy atom. The highest BCUT2D eigenvalue weighted by atomic mass is 35.5. The summed E-state index contributed by atoms with van der Waals surface area (Å²) in [4.78, 5) is 3.97. The van der Waals surface area contributed by atoms with E-state index >= 15 is 0 Å². The lowest BCUT2D eigenvalue weighted by atomic mass is 10.1. The average Bonchev–Trinajstić information content (AvgIpc) is 2.29. The van der Waals surface area contributed by atoms with Crippen LogP contribution in [0.2, 0.25) is 5.15 Å². The van der Waals surface area contributed by atoms with Gasteiger partial charge in [0.05, 0.1) is 7.11 Å². The molecule has 2 atom stereocenters. The van der Waals surface area contributed by atoms with Gasteiger partial charge in [0.2, 0.25) is 0 Å². The molecular weight excluding hydrogens is 262 g/mol. The lowest BCUT2D eigenvalue weighted by molar-refractivity contribution is -0.463. The summed E-state index contributed by atoms with van der Waals surface area (Å²) >= 11 is 5.81. The van der Waals surface area contributed by atoms with Gasteiger partial charge in [-0.25, -0.2) is 4.98 Å². The molecule has 0 amide bonds. The van der Waals surface area contributed by atoms with E-state index in [2.05, 4.69) is 4.98 Å². The molecule has 0 fully saturated rings. The number of nitriles is 1. The Kier molecular flexibility index (Phi) is 4.87. The molecule has 0 spiro atoms. The minimum Gasteiger partial charge on any atom is -0.494 e. The summed E-state index contributed by atoms with van der Waals surface area (Å²) in [5, 5.41) is 9.22. The van der Waals surface area contributed by atoms with Crippen molar-refractivity contribution >= 4 is 22.6 Å². The van der Waals surface area contributed by atoms with Gasteiger partial charge in [-0.3, -0.25) is 0 Å². The van der Waals surface area contributed by atoms with Crippen molar-refractivity contribution in [3.63, 3.8) is 0 Å². The summed E-state index contributed by atoms with van der Waals surface area (Å²) in [6.45, 7) is 1.80. The van der Waals surface area contributed by atoms with Gasteiger partial charge in [0.25, 0.3) is 0 Å². The maximum Gasteiger partial charge on any atom is 0.468 e. The van der Waals surface area contributed by atoms with Crippen molar-refractivity contribution < 1.29 is 13.2 Å². The third-order valence-electron chi connectivity index (χ3n) is 2.27. The topological polar surface area (TPSA) is 69.2 Å². The molecule has 1 aromatic rings. The number of pyridine rings is 1. The summed E-state index contributed by atoms with van der Waals surface area (Å²) < 4.78 is 15.8. The quantitative estimate of drug-likeness (QED) is 0.397. The highest BCUT2D eigenvalue weighted by Crippen LogP contribution is 2.26. The van der Waals surface area contributed by atoms with E-state index in [0.29, 0.717) is 5.75 Å². The van der Waals surface area contributed by atoms with Gasteiger partial charge in [-0.2, -0.15) is 0 Å². The number of rotatable bonds is 3. The van der Waals surface area contributed by atoms with Crippen molar-refractivity contribution in [2.45, 2.75) is 13.0 Å². The lowest BCUT2D eigenvalue weighted by Gasteiger charge is -2.10. The van der Waals surface area contributed by atoms with Crippen LogP contribution in [0.1, 0.15) is 18.5 Å². The largest absolute Gasteiger partial charge is 0.494 e. The van der Waals surface area contributed by atoms with Gasteiger partial charge < -0.3 is 9.29 Å². The Hall–Kier alpha value is -1.16. The number of hydrogen-bond donors (Lipinski definition) is 1. The molecule has 0 aliphatic heterocycles. The van der Waals surface area contributed by atoms with Crippen LogP contribution in [0.3, 0.4) is 0 Å². The molecule has 1 N–H and O–H groups in total. The van der Waals surface area contributed by atoms with Crippen molar-refractivity contribution in [2.24, 2.45) is 0 Å². The lowest BCUT2D eigenvalue weighted by Crippen LogP contribution is -2.15. The molecular formula is C10H13ClN3O2S+. The first kappa shape index (κ1) is 13.9. The first-order chi connectivity index (χ1) is 8.01. The van der Waals surface area contributed by atoms with E-state index in [1.54, 1.807) is 25.4 Å². The second-order valence-electron chi connectivity index (χ2n) is 3.31. The zero-order chi connectivity index (χ0) is 13.0. The van der Waals surface area contributed by atoms with Crippen LogP contribution in [0.15, 0.2) is 12.3 Å². The molecule has 0 aliphatic rings. The molecule has 0 aromatic carbocycles. The molecule has 0 radical (unpaired) electrons. The van der Waals surface area contributed by atoms with E-state index in [4.69, 9.17) is 21.6 Å². The van der Waals surface area contributed by atoms with E-state index in [9.17, 15) is 4.55 Å². The second kappa shape index (κ2) is 5.96. The predicted molar refractivity (Wildman–Crippen MR) is 66.0 cm³/mol. The first-order valence-corrected chi connectivity index (χ1v) is 6.67. The van der Waals surface area contributed by atoms with Gasteiger partial charge in [0.1, 0.15) is 17.0 Å². The molecule has 2 unspecified atom stereocenters. The Bertz CT molecular complexity index is 495. The predicted octanol–water partition coefficient (Wildman–Crippen LogP) is 2.20. The normalized spacial score (nSPS) is 14.7. The van der Waals surface area contributed by atoms with Gasteiger partial charge in [0.15, 0.2) is 16.2 Å². The molecule has 0 bridgehead atoms. The van der Waals surface area contributed by atoms with Crippen molar-refractivity contribution in [1.82, 2.24) is 4.98 Å². The minimum absolute atomic E-state index is 0.270. The van der Waals surface area contributed by atoms with Crippen LogP contribution in [-0.4, -0.2) is 26.8 Å². The Balaban J connectivity index is 3.18. The average molecular weight is 275 g/mol. The van der Waals surface area contributed by atoms with Gasteiger partial charge in [-0.05, 0) is 13.0 Å². The molecule has 0 saturated heterocycles. The van der Waals surface area contributed by atoms with E-state index in [1.165, 1.54) is 11.1 Å². The van der Waals surface area contributed by atoms with E-state index in [0.717, 1.165) is 5.56 Å². The zero-order valence-corrected chi connectivity index (χ0v) is 11.3. The number of hydrogen-bond acceptors (Lipinski definition) is 3. The highest BCUT2D eigenvalue weighted by Gasteiger charge is 2.19. The minimum atomic E-state index is -1.13. The number of methoxy groups -OCH3 is 1. The third-order valence-corrected chi connectivity index (χ3v) is 3.52. The molecule has 17 heavy (non-hydrogen) atoms. The van der Waals surface area contributed by atoms with Gasteiger partial charge >= 0.3 is 6.19 Å². The molecule has 7 heteroatoms. The molecule has 0 aliphatic carbocycles. The second-order valence-corrected chi connectivity index (χ2v) is 4.96. The van der Waals surface area contributed by atoms with Crippen LogP contribution in [0.25, 0.3) is 0 Å².